The number of amides is 1. The fraction of sp³-hybridized carbons (Fsp3) is 0.278. The first kappa shape index (κ1) is 15.2. The lowest BCUT2D eigenvalue weighted by Crippen LogP contribution is -2.38. The molecule has 1 aliphatic rings. The van der Waals surface area contributed by atoms with Crippen molar-refractivity contribution in [1.29, 1.82) is 0 Å². The maximum atomic E-state index is 12.2. The molecule has 0 aliphatic carbocycles. The summed E-state index contributed by atoms with van der Waals surface area (Å²) in [6.45, 7) is 2.70. The average molecular weight is 312 g/mol. The van der Waals surface area contributed by atoms with Gasteiger partial charge in [-0.1, -0.05) is 25.1 Å². The number of benzene rings is 2. The highest BCUT2D eigenvalue weighted by atomic mass is 16.5. The lowest BCUT2D eigenvalue weighted by Gasteiger charge is -2.28. The van der Waals surface area contributed by atoms with E-state index in [-0.39, 0.29) is 12.1 Å². The molecule has 1 heterocycles. The molecule has 3 rings (SSSR count). The van der Waals surface area contributed by atoms with Gasteiger partial charge in [0.2, 0.25) is 0 Å². The highest BCUT2D eigenvalue weighted by Gasteiger charge is 2.24. The van der Waals surface area contributed by atoms with Crippen molar-refractivity contribution in [2.75, 3.05) is 19.0 Å². The summed E-state index contributed by atoms with van der Waals surface area (Å²) >= 11 is 0. The van der Waals surface area contributed by atoms with E-state index < -0.39 is 0 Å². The second kappa shape index (κ2) is 6.60. The first-order chi connectivity index (χ1) is 11.2. The van der Waals surface area contributed by atoms with Gasteiger partial charge in [-0.05, 0) is 36.2 Å². The molecule has 0 spiro atoms. The molecule has 1 aliphatic heterocycles. The Kier molecular flexibility index (Phi) is 4.37. The molecule has 2 aromatic carbocycles. The number of carbonyl (C=O) groups is 1. The Hall–Kier alpha value is -2.69. The van der Waals surface area contributed by atoms with E-state index in [4.69, 9.17) is 9.47 Å². The minimum atomic E-state index is -0.300. The predicted molar refractivity (Wildman–Crippen MR) is 89.1 cm³/mol. The second-order valence-corrected chi connectivity index (χ2v) is 5.36. The molecule has 0 radical (unpaired) electrons. The normalized spacial score (nSPS) is 16.1. The van der Waals surface area contributed by atoms with Gasteiger partial charge in [0.05, 0.1) is 19.3 Å². The van der Waals surface area contributed by atoms with Crippen LogP contribution in [0.3, 0.4) is 0 Å². The number of fused-ring (bicyclic) bond motifs is 1. The van der Waals surface area contributed by atoms with Crippen LogP contribution in [0.2, 0.25) is 0 Å². The summed E-state index contributed by atoms with van der Waals surface area (Å²) in [4.78, 5) is 12.2. The number of hydrogen-bond acceptors (Lipinski definition) is 4. The summed E-state index contributed by atoms with van der Waals surface area (Å²) in [5.74, 6) is 1.28. The maximum absolute atomic E-state index is 12.2. The van der Waals surface area contributed by atoms with E-state index in [2.05, 4.69) is 17.6 Å². The van der Waals surface area contributed by atoms with Gasteiger partial charge in [0.1, 0.15) is 6.17 Å². The number of anilines is 1. The predicted octanol–water partition coefficient (Wildman–Crippen LogP) is 3.34. The Balaban J connectivity index is 1.86. The molecule has 0 aromatic heterocycles. The first-order valence-corrected chi connectivity index (χ1v) is 7.70. The third-order valence-electron chi connectivity index (χ3n) is 3.73. The molecule has 2 N–H and O–H groups in total. The number of rotatable bonds is 5. The van der Waals surface area contributed by atoms with Crippen LogP contribution < -0.4 is 20.1 Å². The van der Waals surface area contributed by atoms with Gasteiger partial charge < -0.3 is 20.1 Å². The van der Waals surface area contributed by atoms with Crippen molar-refractivity contribution < 1.29 is 14.3 Å². The molecular weight excluding hydrogens is 292 g/mol. The lowest BCUT2D eigenvalue weighted by molar-refractivity contribution is 0.0935. The highest BCUT2D eigenvalue weighted by molar-refractivity contribution is 6.01. The molecule has 1 amide bonds. The van der Waals surface area contributed by atoms with Crippen LogP contribution in [0.5, 0.6) is 11.5 Å². The summed E-state index contributed by atoms with van der Waals surface area (Å²) in [7, 11) is 1.61. The summed E-state index contributed by atoms with van der Waals surface area (Å²) in [5, 5.41) is 6.29. The molecule has 5 heteroatoms. The van der Waals surface area contributed by atoms with Crippen molar-refractivity contribution in [1.82, 2.24) is 5.32 Å². The molecule has 0 fully saturated rings. The number of hydrogen-bond donors (Lipinski definition) is 2. The summed E-state index contributed by atoms with van der Waals surface area (Å²) in [6, 6.07) is 13.1. The van der Waals surface area contributed by atoms with E-state index in [1.807, 2.05) is 36.4 Å². The maximum Gasteiger partial charge on any atom is 0.255 e. The van der Waals surface area contributed by atoms with Crippen molar-refractivity contribution in [3.8, 4) is 11.5 Å². The molecule has 0 unspecified atom stereocenters. The Morgan fingerprint density at radius 1 is 1.09 bits per heavy atom. The minimum absolute atomic E-state index is 0.0883. The van der Waals surface area contributed by atoms with E-state index in [0.29, 0.717) is 23.7 Å². The molecule has 5 nitrogen and oxygen atoms in total. The highest BCUT2D eigenvalue weighted by Crippen LogP contribution is 2.33. The number of carbonyl (C=O) groups excluding carboxylic acids is 1. The van der Waals surface area contributed by atoms with Crippen molar-refractivity contribution in [2.45, 2.75) is 19.5 Å². The van der Waals surface area contributed by atoms with Gasteiger partial charge in [-0.3, -0.25) is 4.79 Å². The van der Waals surface area contributed by atoms with Gasteiger partial charge in [0.15, 0.2) is 11.5 Å². The van der Waals surface area contributed by atoms with E-state index in [0.717, 1.165) is 17.7 Å². The quantitative estimate of drug-likeness (QED) is 0.889. The number of methoxy groups -OCH3 is 1. The van der Waals surface area contributed by atoms with Gasteiger partial charge in [-0.2, -0.15) is 0 Å². The second-order valence-electron chi connectivity index (χ2n) is 5.36. The van der Waals surface area contributed by atoms with Gasteiger partial charge in [-0.25, -0.2) is 0 Å². The van der Waals surface area contributed by atoms with Crippen molar-refractivity contribution >= 4 is 11.6 Å². The standard InChI is InChI=1S/C18H20N2O3/c1-3-10-23-15-9-8-12(11-16(15)22-2)17-19-14-7-5-4-6-13(14)18(21)20-17/h4-9,11,17,19H,3,10H2,1-2H3,(H,20,21)/t17-/m0/s1. The van der Waals surface area contributed by atoms with E-state index in [9.17, 15) is 4.79 Å². The Labute approximate surface area is 135 Å². The van der Waals surface area contributed by atoms with E-state index >= 15 is 0 Å². The van der Waals surface area contributed by atoms with E-state index in [1.54, 1.807) is 13.2 Å². The van der Waals surface area contributed by atoms with Gasteiger partial charge >= 0.3 is 0 Å². The molecule has 23 heavy (non-hydrogen) atoms. The smallest absolute Gasteiger partial charge is 0.255 e. The van der Waals surface area contributed by atoms with Crippen LogP contribution in [0.15, 0.2) is 42.5 Å². The van der Waals surface area contributed by atoms with Crippen LogP contribution in [0.4, 0.5) is 5.69 Å². The Bertz CT molecular complexity index is 715. The molecule has 0 bridgehead atoms. The van der Waals surface area contributed by atoms with Crippen LogP contribution >= 0.6 is 0 Å². The van der Waals surface area contributed by atoms with Crippen LogP contribution in [0, 0.1) is 0 Å². The van der Waals surface area contributed by atoms with Crippen LogP contribution in [0.25, 0.3) is 0 Å². The number of ether oxygens (including phenoxy) is 2. The monoisotopic (exact) mass is 312 g/mol. The molecule has 0 saturated heterocycles. The van der Waals surface area contributed by atoms with Crippen molar-refractivity contribution in [3.05, 3.63) is 53.6 Å². The molecule has 1 atom stereocenters. The molecule has 2 aromatic rings. The van der Waals surface area contributed by atoms with Gasteiger partial charge in [0, 0.05) is 5.69 Å². The zero-order valence-electron chi connectivity index (χ0n) is 13.3. The molecular formula is C18H20N2O3. The molecule has 120 valence electrons. The zero-order valence-corrected chi connectivity index (χ0v) is 13.3. The summed E-state index contributed by atoms with van der Waals surface area (Å²) in [6.07, 6.45) is 0.633. The lowest BCUT2D eigenvalue weighted by atomic mass is 10.1. The van der Waals surface area contributed by atoms with Gasteiger partial charge in [-0.15, -0.1) is 0 Å². The number of para-hydroxylation sites is 1. The fourth-order valence-corrected chi connectivity index (χ4v) is 2.57. The average Bonchev–Trinajstić information content (AvgIpc) is 2.59. The summed E-state index contributed by atoms with van der Waals surface area (Å²) in [5.41, 5.74) is 2.39. The van der Waals surface area contributed by atoms with Crippen LogP contribution in [0.1, 0.15) is 35.4 Å². The van der Waals surface area contributed by atoms with E-state index in [1.165, 1.54) is 0 Å². The van der Waals surface area contributed by atoms with Crippen LogP contribution in [-0.2, 0) is 0 Å². The van der Waals surface area contributed by atoms with Crippen LogP contribution in [-0.4, -0.2) is 19.6 Å². The molecule has 0 saturated carbocycles. The first-order valence-electron chi connectivity index (χ1n) is 7.70. The van der Waals surface area contributed by atoms with Crippen molar-refractivity contribution in [3.63, 3.8) is 0 Å². The SMILES string of the molecule is CCCOc1ccc([C@@H]2NC(=O)c3ccccc3N2)cc1OC. The third-order valence-corrected chi connectivity index (χ3v) is 3.73. The summed E-state index contributed by atoms with van der Waals surface area (Å²) < 4.78 is 11.1. The number of nitrogens with one attached hydrogen (secondary N) is 2. The Morgan fingerprint density at radius 3 is 2.70 bits per heavy atom. The minimum Gasteiger partial charge on any atom is -0.493 e. The Morgan fingerprint density at radius 2 is 1.91 bits per heavy atom. The fourth-order valence-electron chi connectivity index (χ4n) is 2.57. The van der Waals surface area contributed by atoms with Gasteiger partial charge in [0.25, 0.3) is 5.91 Å². The zero-order chi connectivity index (χ0) is 16.2. The van der Waals surface area contributed by atoms with Crippen molar-refractivity contribution in [2.24, 2.45) is 0 Å². The largest absolute Gasteiger partial charge is 0.493 e. The topological polar surface area (TPSA) is 59.6 Å². The third kappa shape index (κ3) is 3.08.